The van der Waals surface area contributed by atoms with Gasteiger partial charge in [-0.25, -0.2) is 0 Å². The van der Waals surface area contributed by atoms with Crippen molar-refractivity contribution < 1.29 is 14.6 Å². The summed E-state index contributed by atoms with van der Waals surface area (Å²) in [7, 11) is 0. The highest BCUT2D eigenvalue weighted by molar-refractivity contribution is 5.85. The van der Waals surface area contributed by atoms with E-state index in [1.165, 1.54) is 6.92 Å². The third-order valence-electron chi connectivity index (χ3n) is 2.73. The summed E-state index contributed by atoms with van der Waals surface area (Å²) in [6, 6.07) is 6.74. The summed E-state index contributed by atoms with van der Waals surface area (Å²) in [6.45, 7) is 5.11. The summed E-state index contributed by atoms with van der Waals surface area (Å²) in [4.78, 5) is 10.9. The molecule has 1 atom stereocenters. The highest BCUT2D eigenvalue weighted by atomic mass is 35.5. The van der Waals surface area contributed by atoms with Crippen molar-refractivity contribution in [2.24, 2.45) is 11.1 Å². The van der Waals surface area contributed by atoms with Gasteiger partial charge in [0.1, 0.15) is 5.75 Å². The summed E-state index contributed by atoms with van der Waals surface area (Å²) in [5, 5.41) is 9.28. The van der Waals surface area contributed by atoms with E-state index in [-0.39, 0.29) is 31.0 Å². The van der Waals surface area contributed by atoms with E-state index in [9.17, 15) is 9.90 Å². The van der Waals surface area contributed by atoms with Crippen molar-refractivity contribution in [2.45, 2.75) is 26.8 Å². The number of aliphatic hydroxyl groups excluding tert-OH is 1. The Kier molecular flexibility index (Phi) is 6.32. The standard InChI is InChI=1S/C13H19NO3.ClH/c1-9(16)17-11-6-4-5-10(7-11)12(14)13(2,3)8-15;/h4-7,12,15H,8,14H2,1-3H3;1H/t12-;/m0./s1. The number of esters is 1. The number of ether oxygens (including phenoxy) is 1. The third kappa shape index (κ3) is 4.29. The molecule has 5 heteroatoms. The molecule has 0 fully saturated rings. The molecule has 0 aliphatic heterocycles. The zero-order chi connectivity index (χ0) is 13.1. The second-order valence-electron chi connectivity index (χ2n) is 4.79. The fraction of sp³-hybridized carbons (Fsp3) is 0.462. The molecule has 1 aromatic carbocycles. The van der Waals surface area contributed by atoms with E-state index in [0.717, 1.165) is 5.56 Å². The first-order valence-corrected chi connectivity index (χ1v) is 5.51. The molecule has 18 heavy (non-hydrogen) atoms. The molecule has 0 aliphatic rings. The average molecular weight is 274 g/mol. The van der Waals surface area contributed by atoms with Crippen LogP contribution in [0.2, 0.25) is 0 Å². The maximum Gasteiger partial charge on any atom is 0.308 e. The molecule has 0 aromatic heterocycles. The van der Waals surface area contributed by atoms with Crippen LogP contribution in [0.1, 0.15) is 32.4 Å². The Hall–Kier alpha value is -1.10. The predicted octanol–water partition coefficient (Wildman–Crippen LogP) is 2.05. The van der Waals surface area contributed by atoms with Crippen LogP contribution in [0.15, 0.2) is 24.3 Å². The molecule has 0 amide bonds. The van der Waals surface area contributed by atoms with Gasteiger partial charge in [0.25, 0.3) is 0 Å². The van der Waals surface area contributed by atoms with Crippen LogP contribution >= 0.6 is 12.4 Å². The normalized spacial score (nSPS) is 12.5. The second kappa shape index (κ2) is 6.73. The van der Waals surface area contributed by atoms with Gasteiger partial charge in [0.05, 0.1) is 0 Å². The van der Waals surface area contributed by atoms with Gasteiger partial charge in [-0.15, -0.1) is 12.4 Å². The maximum atomic E-state index is 10.9. The van der Waals surface area contributed by atoms with Gasteiger partial charge in [0, 0.05) is 25.0 Å². The number of hydrogen-bond donors (Lipinski definition) is 2. The summed E-state index contributed by atoms with van der Waals surface area (Å²) >= 11 is 0. The van der Waals surface area contributed by atoms with Crippen molar-refractivity contribution in [2.75, 3.05) is 6.61 Å². The minimum atomic E-state index is -0.422. The van der Waals surface area contributed by atoms with Gasteiger partial charge in [0.2, 0.25) is 0 Å². The van der Waals surface area contributed by atoms with Crippen LogP contribution in [0.5, 0.6) is 5.75 Å². The molecule has 0 spiro atoms. The minimum absolute atomic E-state index is 0. The monoisotopic (exact) mass is 273 g/mol. The SMILES string of the molecule is CC(=O)Oc1cccc([C@H](N)C(C)(C)CO)c1.Cl. The van der Waals surface area contributed by atoms with Crippen molar-refractivity contribution in [1.29, 1.82) is 0 Å². The molecule has 1 aromatic rings. The first-order valence-electron chi connectivity index (χ1n) is 5.51. The zero-order valence-electron chi connectivity index (χ0n) is 10.8. The Bertz CT molecular complexity index is 407. The maximum absolute atomic E-state index is 10.9. The lowest BCUT2D eigenvalue weighted by molar-refractivity contribution is -0.131. The van der Waals surface area contributed by atoms with Crippen LogP contribution in [0, 0.1) is 5.41 Å². The summed E-state index contributed by atoms with van der Waals surface area (Å²) in [6.07, 6.45) is 0. The van der Waals surface area contributed by atoms with E-state index in [1.54, 1.807) is 18.2 Å². The number of carbonyl (C=O) groups is 1. The molecule has 0 unspecified atom stereocenters. The smallest absolute Gasteiger partial charge is 0.308 e. The van der Waals surface area contributed by atoms with Gasteiger partial charge >= 0.3 is 5.97 Å². The van der Waals surface area contributed by atoms with E-state index >= 15 is 0 Å². The first-order chi connectivity index (χ1) is 7.86. The Morgan fingerprint density at radius 1 is 1.50 bits per heavy atom. The van der Waals surface area contributed by atoms with Crippen LogP contribution in [-0.2, 0) is 4.79 Å². The summed E-state index contributed by atoms with van der Waals surface area (Å²) in [5.74, 6) is 0.108. The highest BCUT2D eigenvalue weighted by Crippen LogP contribution is 2.32. The Morgan fingerprint density at radius 2 is 2.11 bits per heavy atom. The van der Waals surface area contributed by atoms with Gasteiger partial charge in [-0.1, -0.05) is 26.0 Å². The van der Waals surface area contributed by atoms with Gasteiger partial charge in [-0.3, -0.25) is 4.79 Å². The number of hydrogen-bond acceptors (Lipinski definition) is 4. The highest BCUT2D eigenvalue weighted by Gasteiger charge is 2.27. The minimum Gasteiger partial charge on any atom is -0.427 e. The van der Waals surface area contributed by atoms with Crippen LogP contribution < -0.4 is 10.5 Å². The van der Waals surface area contributed by atoms with Crippen LogP contribution in [0.3, 0.4) is 0 Å². The molecular formula is C13H20ClNO3. The molecule has 0 saturated heterocycles. The van der Waals surface area contributed by atoms with Crippen LogP contribution in [-0.4, -0.2) is 17.7 Å². The van der Waals surface area contributed by atoms with Crippen molar-refractivity contribution in [1.82, 2.24) is 0 Å². The number of nitrogens with two attached hydrogens (primary N) is 1. The third-order valence-corrected chi connectivity index (χ3v) is 2.73. The number of rotatable bonds is 4. The number of benzene rings is 1. The second-order valence-corrected chi connectivity index (χ2v) is 4.79. The molecule has 3 N–H and O–H groups in total. The summed E-state index contributed by atoms with van der Waals surface area (Å²) in [5.41, 5.74) is 6.50. The number of aliphatic hydroxyl groups is 1. The molecule has 0 aliphatic carbocycles. The van der Waals surface area contributed by atoms with E-state index in [0.29, 0.717) is 5.75 Å². The van der Waals surface area contributed by atoms with E-state index < -0.39 is 5.41 Å². The van der Waals surface area contributed by atoms with Gasteiger partial charge in [0.15, 0.2) is 0 Å². The Morgan fingerprint density at radius 3 is 2.61 bits per heavy atom. The van der Waals surface area contributed by atoms with Crippen LogP contribution in [0.25, 0.3) is 0 Å². The van der Waals surface area contributed by atoms with Gasteiger partial charge in [-0.05, 0) is 17.7 Å². The van der Waals surface area contributed by atoms with E-state index in [2.05, 4.69) is 0 Å². The van der Waals surface area contributed by atoms with Gasteiger partial charge < -0.3 is 15.6 Å². The lowest BCUT2D eigenvalue weighted by Crippen LogP contribution is -2.32. The number of carbonyl (C=O) groups excluding carboxylic acids is 1. The van der Waals surface area contributed by atoms with E-state index in [1.807, 2.05) is 19.9 Å². The van der Waals surface area contributed by atoms with Crippen molar-refractivity contribution >= 4 is 18.4 Å². The van der Waals surface area contributed by atoms with Crippen molar-refractivity contribution in [3.8, 4) is 5.75 Å². The lowest BCUT2D eigenvalue weighted by atomic mass is 9.82. The molecule has 4 nitrogen and oxygen atoms in total. The largest absolute Gasteiger partial charge is 0.427 e. The molecule has 0 radical (unpaired) electrons. The molecular weight excluding hydrogens is 254 g/mol. The van der Waals surface area contributed by atoms with E-state index in [4.69, 9.17) is 10.5 Å². The fourth-order valence-electron chi connectivity index (χ4n) is 1.49. The molecule has 0 saturated carbocycles. The topological polar surface area (TPSA) is 72.5 Å². The molecule has 1 rings (SSSR count). The Labute approximate surface area is 114 Å². The quantitative estimate of drug-likeness (QED) is 0.651. The van der Waals surface area contributed by atoms with Crippen molar-refractivity contribution in [3.05, 3.63) is 29.8 Å². The first kappa shape index (κ1) is 16.9. The summed E-state index contributed by atoms with van der Waals surface area (Å²) < 4.78 is 4.99. The number of halogens is 1. The Balaban J connectivity index is 0.00000289. The molecule has 0 heterocycles. The average Bonchev–Trinajstić information content (AvgIpc) is 2.27. The molecule has 102 valence electrons. The lowest BCUT2D eigenvalue weighted by Gasteiger charge is -2.29. The van der Waals surface area contributed by atoms with Crippen molar-refractivity contribution in [3.63, 3.8) is 0 Å². The fourth-order valence-corrected chi connectivity index (χ4v) is 1.49. The van der Waals surface area contributed by atoms with Gasteiger partial charge in [-0.2, -0.15) is 0 Å². The molecule has 0 bridgehead atoms. The van der Waals surface area contributed by atoms with Crippen LogP contribution in [0.4, 0.5) is 0 Å². The predicted molar refractivity (Wildman–Crippen MR) is 72.8 cm³/mol. The zero-order valence-corrected chi connectivity index (χ0v) is 11.7.